The van der Waals surface area contributed by atoms with Gasteiger partial charge < -0.3 is 5.32 Å². The van der Waals surface area contributed by atoms with Crippen LogP contribution in [-0.4, -0.2) is 16.4 Å². The second-order valence-electron chi connectivity index (χ2n) is 8.45. The van der Waals surface area contributed by atoms with Crippen LogP contribution in [-0.2, 0) is 4.79 Å². The number of fused-ring (bicyclic) bond motifs is 1. The van der Waals surface area contributed by atoms with Crippen molar-refractivity contribution in [1.29, 1.82) is 0 Å². The lowest BCUT2D eigenvalue weighted by molar-refractivity contribution is -0.122. The summed E-state index contributed by atoms with van der Waals surface area (Å²) in [7, 11) is 0. The van der Waals surface area contributed by atoms with E-state index in [9.17, 15) is 4.79 Å². The molecule has 0 unspecified atom stereocenters. The first-order valence-corrected chi connectivity index (χ1v) is 9.53. The highest BCUT2D eigenvalue weighted by Gasteiger charge is 2.51. The Morgan fingerprint density at radius 1 is 1.00 bits per heavy atom. The number of benzene rings is 1. The second kappa shape index (κ2) is 5.69. The maximum Gasteiger partial charge on any atom is 0.244 e. The summed E-state index contributed by atoms with van der Waals surface area (Å²) in [6, 6.07) is 12.1. The van der Waals surface area contributed by atoms with E-state index in [-0.39, 0.29) is 11.4 Å². The van der Waals surface area contributed by atoms with Gasteiger partial charge in [0.15, 0.2) is 0 Å². The fourth-order valence-electron chi connectivity index (χ4n) is 5.90. The maximum absolute atomic E-state index is 12.5. The van der Waals surface area contributed by atoms with E-state index < -0.39 is 0 Å². The summed E-state index contributed by atoms with van der Waals surface area (Å²) >= 11 is 0. The number of carbonyl (C=O) groups excluding carboxylic acids is 1. The van der Waals surface area contributed by atoms with E-state index in [1.807, 2.05) is 30.3 Å². The number of aromatic nitrogens is 1. The third kappa shape index (κ3) is 2.86. The van der Waals surface area contributed by atoms with E-state index in [4.69, 9.17) is 0 Å². The van der Waals surface area contributed by atoms with Crippen LogP contribution in [0.5, 0.6) is 0 Å². The molecule has 4 aliphatic rings. The number of pyridine rings is 1. The van der Waals surface area contributed by atoms with Gasteiger partial charge in [0.25, 0.3) is 0 Å². The summed E-state index contributed by atoms with van der Waals surface area (Å²) in [6.07, 6.45) is 11.2. The predicted molar refractivity (Wildman–Crippen MR) is 99.8 cm³/mol. The SMILES string of the molecule is O=C(C=Cc1ccc2ccccc2n1)NC12CC3CC(CC(C3)C1)C2. The standard InChI is InChI=1S/C22H24N2O/c25-21(8-7-19-6-5-18-3-1-2-4-20(18)23-19)24-22-12-15-9-16(13-22)11-17(10-15)14-22/h1-8,15-17H,9-14H2,(H,24,25). The number of hydrogen-bond donors (Lipinski definition) is 1. The number of rotatable bonds is 3. The summed E-state index contributed by atoms with van der Waals surface area (Å²) in [5, 5.41) is 4.50. The number of amides is 1. The molecule has 3 nitrogen and oxygen atoms in total. The van der Waals surface area contributed by atoms with Gasteiger partial charge in [-0.05, 0) is 74.5 Å². The van der Waals surface area contributed by atoms with Crippen molar-refractivity contribution in [1.82, 2.24) is 10.3 Å². The number of carbonyl (C=O) groups is 1. The van der Waals surface area contributed by atoms with Crippen LogP contribution >= 0.6 is 0 Å². The molecule has 2 aromatic rings. The summed E-state index contributed by atoms with van der Waals surface area (Å²) in [5.74, 6) is 2.57. The molecule has 0 atom stereocenters. The van der Waals surface area contributed by atoms with Crippen molar-refractivity contribution >= 4 is 22.9 Å². The summed E-state index contributed by atoms with van der Waals surface area (Å²) in [6.45, 7) is 0. The van der Waals surface area contributed by atoms with Gasteiger partial charge in [-0.3, -0.25) is 4.79 Å². The molecule has 6 rings (SSSR count). The Balaban J connectivity index is 1.30. The molecule has 1 aromatic carbocycles. The van der Waals surface area contributed by atoms with E-state index in [1.54, 1.807) is 6.08 Å². The Morgan fingerprint density at radius 2 is 1.68 bits per heavy atom. The average Bonchev–Trinajstić information content (AvgIpc) is 2.58. The third-order valence-electron chi connectivity index (χ3n) is 6.45. The Bertz CT molecular complexity index is 819. The number of nitrogens with zero attached hydrogens (tertiary/aromatic N) is 1. The zero-order valence-corrected chi connectivity index (χ0v) is 14.4. The molecular weight excluding hydrogens is 308 g/mol. The van der Waals surface area contributed by atoms with Gasteiger partial charge in [0.1, 0.15) is 0 Å². The van der Waals surface area contributed by atoms with Gasteiger partial charge in [0.05, 0.1) is 11.2 Å². The van der Waals surface area contributed by atoms with Gasteiger partial charge in [0, 0.05) is 17.0 Å². The van der Waals surface area contributed by atoms with Crippen molar-refractivity contribution in [2.24, 2.45) is 17.8 Å². The van der Waals surface area contributed by atoms with Gasteiger partial charge >= 0.3 is 0 Å². The quantitative estimate of drug-likeness (QED) is 0.850. The lowest BCUT2D eigenvalue weighted by atomic mass is 9.53. The molecule has 3 heteroatoms. The topological polar surface area (TPSA) is 42.0 Å². The molecular formula is C22H24N2O. The molecule has 4 aliphatic carbocycles. The fourth-order valence-corrected chi connectivity index (χ4v) is 5.90. The Kier molecular flexibility index (Phi) is 3.44. The minimum absolute atomic E-state index is 0.0388. The van der Waals surface area contributed by atoms with Crippen LogP contribution in [0.2, 0.25) is 0 Å². The van der Waals surface area contributed by atoms with E-state index in [0.717, 1.165) is 34.4 Å². The molecule has 0 spiro atoms. The molecule has 128 valence electrons. The molecule has 0 radical (unpaired) electrons. The zero-order valence-electron chi connectivity index (χ0n) is 14.4. The highest BCUT2D eigenvalue weighted by atomic mass is 16.1. The molecule has 1 N–H and O–H groups in total. The van der Waals surface area contributed by atoms with Gasteiger partial charge in [-0.25, -0.2) is 4.98 Å². The summed E-state index contributed by atoms with van der Waals surface area (Å²) < 4.78 is 0. The highest BCUT2D eigenvalue weighted by molar-refractivity contribution is 5.92. The number of para-hydroxylation sites is 1. The molecule has 1 heterocycles. The Labute approximate surface area is 148 Å². The van der Waals surface area contributed by atoms with E-state index in [0.29, 0.717) is 0 Å². The average molecular weight is 332 g/mol. The van der Waals surface area contributed by atoms with Crippen molar-refractivity contribution < 1.29 is 4.79 Å². The Hall–Kier alpha value is -2.16. The van der Waals surface area contributed by atoms with Crippen LogP contribution in [0.1, 0.15) is 44.2 Å². The normalized spacial score (nSPS) is 33.2. The monoisotopic (exact) mass is 332 g/mol. The molecule has 1 aromatic heterocycles. The second-order valence-corrected chi connectivity index (χ2v) is 8.45. The Morgan fingerprint density at radius 3 is 2.40 bits per heavy atom. The van der Waals surface area contributed by atoms with Crippen LogP contribution < -0.4 is 5.32 Å². The summed E-state index contributed by atoms with van der Waals surface area (Å²) in [4.78, 5) is 17.1. The molecule has 4 bridgehead atoms. The van der Waals surface area contributed by atoms with Crippen LogP contribution in [0.4, 0.5) is 0 Å². The van der Waals surface area contributed by atoms with Crippen molar-refractivity contribution in [3.8, 4) is 0 Å². The highest BCUT2D eigenvalue weighted by Crippen LogP contribution is 2.55. The summed E-state index contributed by atoms with van der Waals surface area (Å²) in [5.41, 5.74) is 1.87. The fraction of sp³-hybridized carbons (Fsp3) is 0.455. The van der Waals surface area contributed by atoms with Crippen molar-refractivity contribution in [2.45, 2.75) is 44.1 Å². The van der Waals surface area contributed by atoms with Crippen molar-refractivity contribution in [3.63, 3.8) is 0 Å². The van der Waals surface area contributed by atoms with Gasteiger partial charge in [0.2, 0.25) is 5.91 Å². The van der Waals surface area contributed by atoms with E-state index in [1.165, 1.54) is 38.5 Å². The minimum atomic E-state index is 0.0388. The molecule has 1 amide bonds. The van der Waals surface area contributed by atoms with Crippen LogP contribution in [0.25, 0.3) is 17.0 Å². The number of hydrogen-bond acceptors (Lipinski definition) is 2. The lowest BCUT2D eigenvalue weighted by Crippen LogP contribution is -2.59. The predicted octanol–water partition coefficient (Wildman–Crippen LogP) is 4.33. The van der Waals surface area contributed by atoms with Crippen LogP contribution in [0.3, 0.4) is 0 Å². The van der Waals surface area contributed by atoms with Gasteiger partial charge in [-0.1, -0.05) is 24.3 Å². The van der Waals surface area contributed by atoms with Crippen molar-refractivity contribution in [3.05, 3.63) is 48.2 Å². The van der Waals surface area contributed by atoms with Crippen LogP contribution in [0.15, 0.2) is 42.5 Å². The van der Waals surface area contributed by atoms with E-state index >= 15 is 0 Å². The van der Waals surface area contributed by atoms with Gasteiger partial charge in [-0.2, -0.15) is 0 Å². The first kappa shape index (κ1) is 15.1. The molecule has 25 heavy (non-hydrogen) atoms. The molecule has 4 fully saturated rings. The minimum Gasteiger partial charge on any atom is -0.347 e. The number of nitrogens with one attached hydrogen (secondary N) is 1. The largest absolute Gasteiger partial charge is 0.347 e. The molecule has 0 aliphatic heterocycles. The van der Waals surface area contributed by atoms with E-state index in [2.05, 4.69) is 22.4 Å². The van der Waals surface area contributed by atoms with Gasteiger partial charge in [-0.15, -0.1) is 0 Å². The molecule has 0 saturated heterocycles. The molecule has 4 saturated carbocycles. The maximum atomic E-state index is 12.5. The van der Waals surface area contributed by atoms with Crippen molar-refractivity contribution in [2.75, 3.05) is 0 Å². The lowest BCUT2D eigenvalue weighted by Gasteiger charge is -2.56. The first-order valence-electron chi connectivity index (χ1n) is 9.53. The smallest absolute Gasteiger partial charge is 0.244 e. The first-order chi connectivity index (χ1) is 12.2. The zero-order chi connectivity index (χ0) is 16.9. The third-order valence-corrected chi connectivity index (χ3v) is 6.45. The van der Waals surface area contributed by atoms with Crippen LogP contribution in [0, 0.1) is 17.8 Å².